The van der Waals surface area contributed by atoms with Crippen molar-refractivity contribution in [2.45, 2.75) is 31.0 Å². The fourth-order valence-corrected chi connectivity index (χ4v) is 5.15. The second-order valence-electron chi connectivity index (χ2n) is 7.24. The molecular weight excluding hydrogens is 394 g/mol. The molecule has 29 heavy (non-hydrogen) atoms. The van der Waals surface area contributed by atoms with Crippen molar-refractivity contribution in [3.05, 3.63) is 36.7 Å². The van der Waals surface area contributed by atoms with Crippen LogP contribution in [0.5, 0.6) is 0 Å². The van der Waals surface area contributed by atoms with Gasteiger partial charge in [-0.2, -0.15) is 4.31 Å². The van der Waals surface area contributed by atoms with Crippen LogP contribution in [0.1, 0.15) is 13.8 Å². The van der Waals surface area contributed by atoms with Crippen molar-refractivity contribution >= 4 is 26.7 Å². The minimum Gasteiger partial charge on any atom is -0.383 e. The van der Waals surface area contributed by atoms with E-state index in [0.29, 0.717) is 18.5 Å². The second-order valence-corrected chi connectivity index (χ2v) is 9.15. The molecule has 1 amide bonds. The first-order valence-corrected chi connectivity index (χ1v) is 11.0. The monoisotopic (exact) mass is 421 g/mol. The Kier molecular flexibility index (Phi) is 6.84. The van der Waals surface area contributed by atoms with Crippen LogP contribution in [0.2, 0.25) is 0 Å². The average Bonchev–Trinajstić information content (AvgIpc) is 2.69. The topological polar surface area (TPSA) is 89.0 Å². The highest BCUT2D eigenvalue weighted by Gasteiger charge is 2.32. The Bertz CT molecular complexity index is 950. The molecule has 2 aromatic rings. The number of carbonyl (C=O) groups is 1. The van der Waals surface area contributed by atoms with Gasteiger partial charge >= 0.3 is 0 Å². The van der Waals surface area contributed by atoms with Gasteiger partial charge in [-0.25, -0.2) is 8.42 Å². The number of ether oxygens (including phenoxy) is 2. The van der Waals surface area contributed by atoms with Crippen LogP contribution in [0.3, 0.4) is 0 Å². The molecule has 0 saturated carbocycles. The second kappa shape index (κ2) is 9.17. The molecule has 2 unspecified atom stereocenters. The summed E-state index contributed by atoms with van der Waals surface area (Å²) in [6.45, 7) is 4.73. The number of hydrogen-bond donors (Lipinski definition) is 0. The summed E-state index contributed by atoms with van der Waals surface area (Å²) in [6, 6.07) is 6.71. The summed E-state index contributed by atoms with van der Waals surface area (Å²) >= 11 is 0. The molecule has 9 heteroatoms. The van der Waals surface area contributed by atoms with E-state index >= 15 is 0 Å². The van der Waals surface area contributed by atoms with Gasteiger partial charge in [-0.15, -0.1) is 0 Å². The van der Waals surface area contributed by atoms with Crippen LogP contribution in [0.4, 0.5) is 0 Å². The van der Waals surface area contributed by atoms with Crippen LogP contribution in [0, 0.1) is 0 Å². The van der Waals surface area contributed by atoms with Gasteiger partial charge in [0.15, 0.2) is 0 Å². The highest BCUT2D eigenvalue weighted by Crippen LogP contribution is 2.25. The molecule has 1 aliphatic heterocycles. The van der Waals surface area contributed by atoms with Crippen LogP contribution in [0.15, 0.2) is 41.6 Å². The van der Waals surface area contributed by atoms with Crippen molar-refractivity contribution in [1.82, 2.24) is 14.2 Å². The van der Waals surface area contributed by atoms with E-state index in [4.69, 9.17) is 9.47 Å². The maximum atomic E-state index is 13.5. The van der Waals surface area contributed by atoms with E-state index < -0.39 is 10.0 Å². The van der Waals surface area contributed by atoms with Crippen molar-refractivity contribution < 1.29 is 22.7 Å². The third kappa shape index (κ3) is 4.92. The minimum absolute atomic E-state index is 0.0848. The zero-order valence-corrected chi connectivity index (χ0v) is 17.8. The molecule has 0 aliphatic carbocycles. The van der Waals surface area contributed by atoms with Crippen molar-refractivity contribution in [3.63, 3.8) is 0 Å². The molecule has 1 aromatic heterocycles. The molecule has 1 saturated heterocycles. The average molecular weight is 422 g/mol. The first-order chi connectivity index (χ1) is 13.8. The Morgan fingerprint density at radius 2 is 2.00 bits per heavy atom. The van der Waals surface area contributed by atoms with Gasteiger partial charge in [0.1, 0.15) is 0 Å². The Morgan fingerprint density at radius 3 is 2.69 bits per heavy atom. The molecule has 2 atom stereocenters. The van der Waals surface area contributed by atoms with E-state index in [-0.39, 0.29) is 42.7 Å². The van der Waals surface area contributed by atoms with Gasteiger partial charge in [0.25, 0.3) is 0 Å². The number of pyridine rings is 1. The SMILES string of the molecule is COCCN(CC(=O)N1CC(C)OC(C)C1)S(=O)(=O)c1cccc2cnccc12. The first-order valence-electron chi connectivity index (χ1n) is 9.58. The minimum atomic E-state index is -3.91. The van der Waals surface area contributed by atoms with E-state index in [9.17, 15) is 13.2 Å². The predicted octanol–water partition coefficient (Wildman–Crippen LogP) is 1.51. The van der Waals surface area contributed by atoms with E-state index in [1.165, 1.54) is 11.4 Å². The molecule has 0 N–H and O–H groups in total. The van der Waals surface area contributed by atoms with Crippen LogP contribution in [-0.2, 0) is 24.3 Å². The maximum absolute atomic E-state index is 13.5. The van der Waals surface area contributed by atoms with Crippen molar-refractivity contribution in [2.75, 3.05) is 39.9 Å². The number of morpholine rings is 1. The molecule has 1 aliphatic rings. The lowest BCUT2D eigenvalue weighted by molar-refractivity contribution is -0.143. The number of sulfonamides is 1. The summed E-state index contributed by atoms with van der Waals surface area (Å²) in [6.07, 6.45) is 3.01. The number of methoxy groups -OCH3 is 1. The van der Waals surface area contributed by atoms with Gasteiger partial charge in [0.05, 0.1) is 30.3 Å². The third-order valence-electron chi connectivity index (χ3n) is 4.89. The van der Waals surface area contributed by atoms with Gasteiger partial charge in [-0.3, -0.25) is 9.78 Å². The van der Waals surface area contributed by atoms with E-state index in [1.54, 1.807) is 35.5 Å². The van der Waals surface area contributed by atoms with Crippen molar-refractivity contribution in [3.8, 4) is 0 Å². The Balaban J connectivity index is 1.90. The molecule has 1 fully saturated rings. The van der Waals surface area contributed by atoms with E-state index in [1.807, 2.05) is 19.9 Å². The molecule has 8 nitrogen and oxygen atoms in total. The number of nitrogens with zero attached hydrogens (tertiary/aromatic N) is 3. The number of fused-ring (bicyclic) bond motifs is 1. The summed E-state index contributed by atoms with van der Waals surface area (Å²) in [5, 5.41) is 1.30. The molecule has 0 bridgehead atoms. The lowest BCUT2D eigenvalue weighted by Crippen LogP contribution is -2.52. The Morgan fingerprint density at radius 1 is 1.28 bits per heavy atom. The number of aromatic nitrogens is 1. The molecular formula is C20H27N3O5S. The summed E-state index contributed by atoms with van der Waals surface area (Å²) in [7, 11) is -2.41. The number of rotatable bonds is 7. The van der Waals surface area contributed by atoms with Gasteiger partial charge < -0.3 is 14.4 Å². The number of hydrogen-bond acceptors (Lipinski definition) is 6. The zero-order valence-electron chi connectivity index (χ0n) is 16.9. The summed E-state index contributed by atoms with van der Waals surface area (Å²) in [5.41, 5.74) is 0. The van der Waals surface area contributed by atoms with Crippen molar-refractivity contribution in [2.24, 2.45) is 0 Å². The van der Waals surface area contributed by atoms with Gasteiger partial charge in [-0.1, -0.05) is 12.1 Å². The van der Waals surface area contributed by atoms with Crippen LogP contribution < -0.4 is 0 Å². The quantitative estimate of drug-likeness (QED) is 0.673. The lowest BCUT2D eigenvalue weighted by Gasteiger charge is -2.36. The van der Waals surface area contributed by atoms with Crippen LogP contribution >= 0.6 is 0 Å². The fourth-order valence-electron chi connectivity index (χ4n) is 3.57. The zero-order chi connectivity index (χ0) is 21.0. The first kappa shape index (κ1) is 21.6. The van der Waals surface area contributed by atoms with Crippen molar-refractivity contribution in [1.29, 1.82) is 0 Å². The summed E-state index contributed by atoms with van der Waals surface area (Å²) < 4.78 is 38.9. The summed E-state index contributed by atoms with van der Waals surface area (Å²) in [4.78, 5) is 18.8. The standard InChI is InChI=1S/C20H27N3O5S/c1-15-12-22(13-16(2)28-15)20(24)14-23(9-10-27-3)29(25,26)19-6-4-5-17-11-21-8-7-18(17)19/h4-8,11,15-16H,9-10,12-14H2,1-3H3. The van der Waals surface area contributed by atoms with Gasteiger partial charge in [0, 0.05) is 49.9 Å². The number of benzene rings is 1. The fraction of sp³-hybridized carbons (Fsp3) is 0.500. The molecule has 3 rings (SSSR count). The lowest BCUT2D eigenvalue weighted by atomic mass is 10.2. The number of amides is 1. The highest BCUT2D eigenvalue weighted by atomic mass is 32.2. The summed E-state index contributed by atoms with van der Waals surface area (Å²) in [5.74, 6) is -0.242. The third-order valence-corrected chi connectivity index (χ3v) is 6.79. The molecule has 158 valence electrons. The Hall–Kier alpha value is -2.07. The maximum Gasteiger partial charge on any atom is 0.244 e. The van der Waals surface area contributed by atoms with Crippen LogP contribution in [0.25, 0.3) is 10.8 Å². The molecule has 0 spiro atoms. The molecule has 2 heterocycles. The van der Waals surface area contributed by atoms with Crippen LogP contribution in [-0.4, -0.2) is 80.6 Å². The molecule has 1 aromatic carbocycles. The molecule has 0 radical (unpaired) electrons. The normalized spacial score (nSPS) is 20.3. The number of carbonyl (C=O) groups excluding carboxylic acids is 1. The van der Waals surface area contributed by atoms with E-state index in [0.717, 1.165) is 5.39 Å². The largest absolute Gasteiger partial charge is 0.383 e. The van der Waals surface area contributed by atoms with Gasteiger partial charge in [-0.05, 0) is 26.0 Å². The Labute approximate surface area is 171 Å². The van der Waals surface area contributed by atoms with E-state index in [2.05, 4.69) is 4.98 Å². The van der Waals surface area contributed by atoms with Gasteiger partial charge in [0.2, 0.25) is 15.9 Å². The highest BCUT2D eigenvalue weighted by molar-refractivity contribution is 7.89. The smallest absolute Gasteiger partial charge is 0.244 e. The predicted molar refractivity (Wildman–Crippen MR) is 109 cm³/mol.